The predicted octanol–water partition coefficient (Wildman–Crippen LogP) is 3.03. The number of carbonyl (C=O) groups excluding carboxylic acids is 1. The maximum Gasteiger partial charge on any atom is 0.261 e. The van der Waals surface area contributed by atoms with Crippen molar-refractivity contribution in [3.8, 4) is 11.5 Å². The summed E-state index contributed by atoms with van der Waals surface area (Å²) >= 11 is 0. The fourth-order valence-corrected chi connectivity index (χ4v) is 4.85. The lowest BCUT2D eigenvalue weighted by Crippen LogP contribution is -2.48. The van der Waals surface area contributed by atoms with E-state index in [9.17, 15) is 9.59 Å². The summed E-state index contributed by atoms with van der Waals surface area (Å²) in [5, 5.41) is 0.653. The number of hydrogen-bond donors (Lipinski definition) is 0. The number of carbonyl (C=O) groups is 1. The molecule has 1 aromatic heterocycles. The van der Waals surface area contributed by atoms with Gasteiger partial charge in [-0.1, -0.05) is 18.2 Å². The number of piperazine rings is 1. The Kier molecular flexibility index (Phi) is 6.72. The van der Waals surface area contributed by atoms with Crippen molar-refractivity contribution < 1.29 is 14.3 Å². The van der Waals surface area contributed by atoms with Gasteiger partial charge in [-0.3, -0.25) is 19.1 Å². The number of amides is 1. The van der Waals surface area contributed by atoms with Crippen LogP contribution in [0.3, 0.4) is 0 Å². The SMILES string of the molecule is COc1ccc(CN2CCN(C(=O)CCc3nc4ccccc4c(=O)n3C3CC3)CC2)cc1OC. The number of para-hydroxylation sites is 1. The smallest absolute Gasteiger partial charge is 0.261 e. The summed E-state index contributed by atoms with van der Waals surface area (Å²) in [4.78, 5) is 35.1. The lowest BCUT2D eigenvalue weighted by atomic mass is 10.1. The van der Waals surface area contributed by atoms with Crippen LogP contribution in [0.4, 0.5) is 0 Å². The van der Waals surface area contributed by atoms with E-state index in [0.29, 0.717) is 36.8 Å². The molecule has 1 amide bonds. The molecule has 2 aromatic carbocycles. The van der Waals surface area contributed by atoms with Crippen molar-refractivity contribution in [1.82, 2.24) is 19.4 Å². The predicted molar refractivity (Wildman–Crippen MR) is 134 cm³/mol. The molecule has 0 atom stereocenters. The average molecular weight is 477 g/mol. The third-order valence-corrected chi connectivity index (χ3v) is 6.93. The molecule has 8 heteroatoms. The Labute approximate surface area is 205 Å². The number of methoxy groups -OCH3 is 2. The molecule has 35 heavy (non-hydrogen) atoms. The lowest BCUT2D eigenvalue weighted by molar-refractivity contribution is -0.133. The minimum Gasteiger partial charge on any atom is -0.493 e. The van der Waals surface area contributed by atoms with Gasteiger partial charge in [-0.2, -0.15) is 0 Å². The van der Waals surface area contributed by atoms with Gasteiger partial charge in [-0.15, -0.1) is 0 Å². The largest absolute Gasteiger partial charge is 0.493 e. The molecule has 1 saturated carbocycles. The molecule has 2 fully saturated rings. The summed E-state index contributed by atoms with van der Waals surface area (Å²) in [5.74, 6) is 2.31. The highest BCUT2D eigenvalue weighted by Gasteiger charge is 2.29. The number of aromatic nitrogens is 2. The summed E-state index contributed by atoms with van der Waals surface area (Å²) < 4.78 is 12.6. The van der Waals surface area contributed by atoms with Crippen molar-refractivity contribution >= 4 is 16.8 Å². The second kappa shape index (κ2) is 10.1. The van der Waals surface area contributed by atoms with Crippen LogP contribution in [0.1, 0.15) is 36.7 Å². The van der Waals surface area contributed by atoms with Crippen LogP contribution in [0.25, 0.3) is 10.9 Å². The molecule has 184 valence electrons. The number of benzene rings is 2. The van der Waals surface area contributed by atoms with E-state index in [0.717, 1.165) is 55.4 Å². The summed E-state index contributed by atoms with van der Waals surface area (Å²) in [6, 6.07) is 13.7. The van der Waals surface area contributed by atoms with Gasteiger partial charge in [0.1, 0.15) is 5.82 Å². The minimum absolute atomic E-state index is 0.0179. The van der Waals surface area contributed by atoms with E-state index in [1.807, 2.05) is 45.9 Å². The van der Waals surface area contributed by atoms with Crippen LogP contribution in [0.5, 0.6) is 11.5 Å². The number of nitrogens with zero attached hydrogens (tertiary/aromatic N) is 4. The topological polar surface area (TPSA) is 76.9 Å². The Balaban J connectivity index is 1.19. The van der Waals surface area contributed by atoms with E-state index in [2.05, 4.69) is 11.0 Å². The maximum absolute atomic E-state index is 13.0. The van der Waals surface area contributed by atoms with Crippen molar-refractivity contribution in [1.29, 1.82) is 0 Å². The molecule has 2 aliphatic rings. The van der Waals surface area contributed by atoms with Gasteiger partial charge in [-0.25, -0.2) is 4.98 Å². The van der Waals surface area contributed by atoms with E-state index in [-0.39, 0.29) is 17.5 Å². The zero-order valence-electron chi connectivity index (χ0n) is 20.4. The molecule has 0 unspecified atom stereocenters. The van der Waals surface area contributed by atoms with Gasteiger partial charge in [0.2, 0.25) is 5.91 Å². The summed E-state index contributed by atoms with van der Waals surface area (Å²) in [7, 11) is 3.28. The highest BCUT2D eigenvalue weighted by atomic mass is 16.5. The Bertz CT molecular complexity index is 1280. The van der Waals surface area contributed by atoms with Crippen LogP contribution >= 0.6 is 0 Å². The second-order valence-corrected chi connectivity index (χ2v) is 9.30. The Hall–Kier alpha value is -3.39. The first kappa shape index (κ1) is 23.4. The molecule has 1 aliphatic carbocycles. The molecule has 5 rings (SSSR count). The Morgan fingerprint density at radius 2 is 1.74 bits per heavy atom. The van der Waals surface area contributed by atoms with E-state index in [4.69, 9.17) is 14.5 Å². The van der Waals surface area contributed by atoms with Gasteiger partial charge in [0, 0.05) is 51.6 Å². The number of hydrogen-bond acceptors (Lipinski definition) is 6. The molecule has 1 saturated heterocycles. The van der Waals surface area contributed by atoms with Crippen molar-refractivity contribution in [3.05, 3.63) is 64.2 Å². The van der Waals surface area contributed by atoms with E-state index in [1.54, 1.807) is 14.2 Å². The molecule has 0 spiro atoms. The van der Waals surface area contributed by atoms with Gasteiger partial charge < -0.3 is 14.4 Å². The van der Waals surface area contributed by atoms with Crippen LogP contribution in [0.15, 0.2) is 47.3 Å². The third kappa shape index (κ3) is 5.03. The summed E-state index contributed by atoms with van der Waals surface area (Å²) in [5.41, 5.74) is 1.88. The molecule has 0 N–H and O–H groups in total. The molecular weight excluding hydrogens is 444 g/mol. The zero-order chi connectivity index (χ0) is 24.4. The maximum atomic E-state index is 13.0. The quantitative estimate of drug-likeness (QED) is 0.498. The van der Waals surface area contributed by atoms with E-state index < -0.39 is 0 Å². The number of rotatable bonds is 8. The van der Waals surface area contributed by atoms with Gasteiger partial charge in [0.15, 0.2) is 11.5 Å². The highest BCUT2D eigenvalue weighted by molar-refractivity contribution is 5.78. The van der Waals surface area contributed by atoms with Gasteiger partial charge in [0.05, 0.1) is 25.1 Å². The molecule has 0 radical (unpaired) electrons. The normalized spacial score (nSPS) is 16.5. The molecule has 0 bridgehead atoms. The van der Waals surface area contributed by atoms with Gasteiger partial charge >= 0.3 is 0 Å². The molecule has 8 nitrogen and oxygen atoms in total. The zero-order valence-corrected chi connectivity index (χ0v) is 20.4. The van der Waals surface area contributed by atoms with E-state index >= 15 is 0 Å². The van der Waals surface area contributed by atoms with Gasteiger partial charge in [0.25, 0.3) is 5.56 Å². The van der Waals surface area contributed by atoms with Crippen LogP contribution < -0.4 is 15.0 Å². The van der Waals surface area contributed by atoms with Crippen LogP contribution in [-0.2, 0) is 17.8 Å². The van der Waals surface area contributed by atoms with Crippen molar-refractivity contribution in [2.24, 2.45) is 0 Å². The first-order valence-corrected chi connectivity index (χ1v) is 12.3. The number of ether oxygens (including phenoxy) is 2. The van der Waals surface area contributed by atoms with E-state index in [1.165, 1.54) is 0 Å². The average Bonchev–Trinajstić information content (AvgIpc) is 3.73. The molecule has 1 aliphatic heterocycles. The van der Waals surface area contributed by atoms with Crippen LogP contribution in [-0.4, -0.2) is 65.7 Å². The minimum atomic E-state index is 0.0179. The molecule has 2 heterocycles. The monoisotopic (exact) mass is 476 g/mol. The first-order chi connectivity index (χ1) is 17.1. The van der Waals surface area contributed by atoms with Crippen molar-refractivity contribution in [3.63, 3.8) is 0 Å². The van der Waals surface area contributed by atoms with Gasteiger partial charge in [-0.05, 0) is 42.7 Å². The summed E-state index contributed by atoms with van der Waals surface area (Å²) in [6.45, 7) is 3.85. The van der Waals surface area contributed by atoms with Crippen LogP contribution in [0.2, 0.25) is 0 Å². The Morgan fingerprint density at radius 1 is 1.00 bits per heavy atom. The fraction of sp³-hybridized carbons (Fsp3) is 0.444. The molecular formula is C27H32N4O4. The lowest BCUT2D eigenvalue weighted by Gasteiger charge is -2.35. The van der Waals surface area contributed by atoms with Crippen molar-refractivity contribution in [2.45, 2.75) is 38.3 Å². The standard InChI is InChI=1S/C27H32N4O4/c1-34-23-10-7-19(17-24(23)35-2)18-29-13-15-30(16-14-29)26(32)12-11-25-28-22-6-4-3-5-21(22)27(33)31(25)20-8-9-20/h3-7,10,17,20H,8-9,11-16,18H2,1-2H3. The van der Waals surface area contributed by atoms with Crippen LogP contribution in [0, 0.1) is 0 Å². The number of fused-ring (bicyclic) bond motifs is 1. The first-order valence-electron chi connectivity index (χ1n) is 12.3. The van der Waals surface area contributed by atoms with Crippen molar-refractivity contribution in [2.75, 3.05) is 40.4 Å². The molecule has 3 aromatic rings. The fourth-order valence-electron chi connectivity index (χ4n) is 4.85. The third-order valence-electron chi connectivity index (χ3n) is 6.93. The Morgan fingerprint density at radius 3 is 2.46 bits per heavy atom. The number of aryl methyl sites for hydroxylation is 1. The highest BCUT2D eigenvalue weighted by Crippen LogP contribution is 2.35. The summed E-state index contributed by atoms with van der Waals surface area (Å²) in [6.07, 6.45) is 2.86. The second-order valence-electron chi connectivity index (χ2n) is 9.30.